The van der Waals surface area contributed by atoms with Crippen LogP contribution in [0.5, 0.6) is 0 Å². The van der Waals surface area contributed by atoms with Gasteiger partial charge in [0.25, 0.3) is 0 Å². The number of ether oxygens (including phenoxy) is 1. The third kappa shape index (κ3) is 3.60. The van der Waals surface area contributed by atoms with Gasteiger partial charge in [-0.25, -0.2) is 9.79 Å². The highest BCUT2D eigenvalue weighted by atomic mass is 16.5. The lowest BCUT2D eigenvalue weighted by molar-refractivity contribution is -0.138. The smallest absolute Gasteiger partial charge is 0.334 e. The molecular weight excluding hydrogens is 330 g/mol. The maximum absolute atomic E-state index is 12.2. The lowest BCUT2D eigenvalue weighted by Crippen LogP contribution is -2.19. The molecule has 0 radical (unpaired) electrons. The molecule has 1 aromatic heterocycles. The van der Waals surface area contributed by atoms with E-state index in [9.17, 15) is 9.90 Å². The molecule has 136 valence electrons. The lowest BCUT2D eigenvalue weighted by atomic mass is 9.77. The largest absolute Gasteiger partial charge is 0.463 e. The third-order valence-electron chi connectivity index (χ3n) is 4.60. The van der Waals surface area contributed by atoms with Crippen LogP contribution in [0.25, 0.3) is 5.57 Å². The molecule has 0 aromatic carbocycles. The number of aliphatic imine (C=N–C) groups is 1. The Morgan fingerprint density at radius 3 is 2.96 bits per heavy atom. The molecule has 26 heavy (non-hydrogen) atoms. The lowest BCUT2D eigenvalue weighted by Gasteiger charge is -2.29. The third-order valence-corrected chi connectivity index (χ3v) is 4.60. The van der Waals surface area contributed by atoms with E-state index in [1.54, 1.807) is 19.3 Å². The molecule has 3 N–H and O–H groups in total. The van der Waals surface area contributed by atoms with E-state index < -0.39 is 5.41 Å². The first-order valence-electron chi connectivity index (χ1n) is 8.64. The van der Waals surface area contributed by atoms with E-state index in [0.29, 0.717) is 24.4 Å². The van der Waals surface area contributed by atoms with Crippen LogP contribution in [0.2, 0.25) is 0 Å². The molecular formula is C20H23N3O3. The summed E-state index contributed by atoms with van der Waals surface area (Å²) >= 11 is 0. The fourth-order valence-corrected chi connectivity index (χ4v) is 3.20. The van der Waals surface area contributed by atoms with E-state index in [-0.39, 0.29) is 19.0 Å². The standard InChI is InChI=1S/C20H23N3O3/c1-3-26-19(25)15-8-18(21)23-17-7-14(4-5-20(17,2)9-15)16-6-13(12-24)10-22-11-16/h4,6-7,9-11,24H,3,5,8,12H2,1-2H3,(H2,21,23). The first kappa shape index (κ1) is 18.1. The van der Waals surface area contributed by atoms with Gasteiger partial charge in [0.15, 0.2) is 0 Å². The Bertz CT molecular complexity index is 852. The van der Waals surface area contributed by atoms with Gasteiger partial charge < -0.3 is 15.6 Å². The fraction of sp³-hybridized carbons (Fsp3) is 0.350. The van der Waals surface area contributed by atoms with Crippen molar-refractivity contribution in [2.45, 2.75) is 33.3 Å². The number of amidine groups is 1. The van der Waals surface area contributed by atoms with Gasteiger partial charge in [0.1, 0.15) is 5.84 Å². The minimum atomic E-state index is -0.422. The van der Waals surface area contributed by atoms with Gasteiger partial charge in [-0.3, -0.25) is 4.98 Å². The molecule has 1 atom stereocenters. The second-order valence-corrected chi connectivity index (χ2v) is 6.72. The molecule has 0 bridgehead atoms. The maximum Gasteiger partial charge on any atom is 0.334 e. The summed E-state index contributed by atoms with van der Waals surface area (Å²) in [6, 6.07) is 1.90. The van der Waals surface area contributed by atoms with Gasteiger partial charge in [-0.05, 0) is 36.6 Å². The zero-order valence-electron chi connectivity index (χ0n) is 15.0. The van der Waals surface area contributed by atoms with Gasteiger partial charge in [-0.1, -0.05) is 19.1 Å². The summed E-state index contributed by atoms with van der Waals surface area (Å²) < 4.78 is 5.14. The van der Waals surface area contributed by atoms with E-state index in [1.807, 2.05) is 25.1 Å². The van der Waals surface area contributed by atoms with Gasteiger partial charge in [0.05, 0.1) is 18.9 Å². The summed E-state index contributed by atoms with van der Waals surface area (Å²) in [6.07, 6.45) is 10.3. The zero-order chi connectivity index (χ0) is 18.7. The number of fused-ring (bicyclic) bond motifs is 1. The molecule has 6 heteroatoms. The number of hydrogen-bond donors (Lipinski definition) is 2. The van der Waals surface area contributed by atoms with Crippen LogP contribution in [0.3, 0.4) is 0 Å². The van der Waals surface area contributed by atoms with Gasteiger partial charge in [0.2, 0.25) is 0 Å². The molecule has 0 saturated carbocycles. The fourth-order valence-electron chi connectivity index (χ4n) is 3.20. The Labute approximate surface area is 152 Å². The Hall–Kier alpha value is -2.73. The monoisotopic (exact) mass is 353 g/mol. The Morgan fingerprint density at radius 2 is 2.23 bits per heavy atom. The highest BCUT2D eigenvalue weighted by Gasteiger charge is 2.33. The van der Waals surface area contributed by atoms with E-state index in [2.05, 4.69) is 16.1 Å². The average Bonchev–Trinajstić information content (AvgIpc) is 2.76. The first-order chi connectivity index (χ1) is 12.4. The predicted molar refractivity (Wildman–Crippen MR) is 99.9 cm³/mol. The van der Waals surface area contributed by atoms with E-state index in [0.717, 1.165) is 22.4 Å². The van der Waals surface area contributed by atoms with Crippen molar-refractivity contribution in [2.75, 3.05) is 6.61 Å². The van der Waals surface area contributed by atoms with Crippen molar-refractivity contribution in [3.05, 3.63) is 59.1 Å². The van der Waals surface area contributed by atoms with Gasteiger partial charge in [-0.15, -0.1) is 0 Å². The van der Waals surface area contributed by atoms with E-state index >= 15 is 0 Å². The number of rotatable bonds is 4. The molecule has 0 amide bonds. The van der Waals surface area contributed by atoms with Crippen LogP contribution in [0.1, 0.15) is 37.8 Å². The molecule has 1 aromatic rings. The number of hydrogen-bond acceptors (Lipinski definition) is 6. The molecule has 0 fully saturated rings. The Kier molecular flexibility index (Phi) is 5.04. The highest BCUT2D eigenvalue weighted by Crippen LogP contribution is 2.43. The molecule has 1 aliphatic heterocycles. The average molecular weight is 353 g/mol. The van der Waals surface area contributed by atoms with Crippen LogP contribution in [-0.2, 0) is 16.1 Å². The predicted octanol–water partition coefficient (Wildman–Crippen LogP) is 2.50. The van der Waals surface area contributed by atoms with Crippen molar-refractivity contribution < 1.29 is 14.6 Å². The van der Waals surface area contributed by atoms with Crippen LogP contribution in [0.4, 0.5) is 0 Å². The Balaban J connectivity index is 1.99. The summed E-state index contributed by atoms with van der Waals surface area (Å²) in [5.41, 5.74) is 9.62. The number of aliphatic hydroxyl groups excluding tert-OH is 1. The summed E-state index contributed by atoms with van der Waals surface area (Å²) in [4.78, 5) is 20.9. The zero-order valence-corrected chi connectivity index (χ0v) is 15.0. The number of aromatic nitrogens is 1. The Morgan fingerprint density at radius 1 is 1.42 bits per heavy atom. The van der Waals surface area contributed by atoms with Crippen molar-refractivity contribution >= 4 is 17.4 Å². The summed E-state index contributed by atoms with van der Waals surface area (Å²) in [6.45, 7) is 4.09. The number of esters is 1. The molecule has 2 heterocycles. The van der Waals surface area contributed by atoms with Crippen LogP contribution < -0.4 is 5.73 Å². The first-order valence-corrected chi connectivity index (χ1v) is 8.64. The maximum atomic E-state index is 12.2. The molecule has 1 unspecified atom stereocenters. The summed E-state index contributed by atoms with van der Waals surface area (Å²) in [5.74, 6) is 0.0468. The van der Waals surface area contributed by atoms with Crippen molar-refractivity contribution in [3.8, 4) is 0 Å². The number of aliphatic hydroxyl groups is 1. The van der Waals surface area contributed by atoms with Crippen molar-refractivity contribution in [3.63, 3.8) is 0 Å². The number of nitrogens with zero attached hydrogens (tertiary/aromatic N) is 2. The molecule has 1 aliphatic carbocycles. The van der Waals surface area contributed by atoms with Crippen molar-refractivity contribution in [2.24, 2.45) is 16.1 Å². The molecule has 6 nitrogen and oxygen atoms in total. The highest BCUT2D eigenvalue weighted by molar-refractivity contribution is 5.98. The van der Waals surface area contributed by atoms with Gasteiger partial charge in [-0.2, -0.15) is 0 Å². The molecule has 3 rings (SSSR count). The van der Waals surface area contributed by atoms with E-state index in [1.165, 1.54) is 0 Å². The number of carbonyl (C=O) groups excluding carboxylic acids is 1. The summed E-state index contributed by atoms with van der Waals surface area (Å²) in [7, 11) is 0. The van der Waals surface area contributed by atoms with Crippen LogP contribution in [0, 0.1) is 5.41 Å². The van der Waals surface area contributed by atoms with Crippen LogP contribution in [0.15, 0.2) is 53.0 Å². The van der Waals surface area contributed by atoms with Gasteiger partial charge >= 0.3 is 5.97 Å². The van der Waals surface area contributed by atoms with Gasteiger partial charge in [0, 0.05) is 35.4 Å². The van der Waals surface area contributed by atoms with E-state index in [4.69, 9.17) is 10.5 Å². The molecule has 0 spiro atoms. The SMILES string of the molecule is CCOC(=O)C1=CC2(C)CC=C(c3cncc(CO)c3)C=C2N=C(N)C1. The van der Waals surface area contributed by atoms with Crippen LogP contribution >= 0.6 is 0 Å². The second kappa shape index (κ2) is 7.25. The quantitative estimate of drug-likeness (QED) is 0.811. The number of pyridine rings is 1. The normalized spacial score (nSPS) is 22.3. The van der Waals surface area contributed by atoms with Crippen molar-refractivity contribution in [1.29, 1.82) is 0 Å². The topological polar surface area (TPSA) is 97.8 Å². The minimum Gasteiger partial charge on any atom is -0.463 e. The van der Waals surface area contributed by atoms with Crippen molar-refractivity contribution in [1.82, 2.24) is 4.98 Å². The minimum absolute atomic E-state index is 0.0564. The number of nitrogens with two attached hydrogens (primary N) is 1. The number of allylic oxidation sites excluding steroid dienone is 4. The molecule has 2 aliphatic rings. The summed E-state index contributed by atoms with van der Waals surface area (Å²) in [5, 5.41) is 9.32. The second-order valence-electron chi connectivity index (χ2n) is 6.72. The molecule has 0 saturated heterocycles. The van der Waals surface area contributed by atoms with Crippen LogP contribution in [-0.4, -0.2) is 28.5 Å². The number of carbonyl (C=O) groups is 1.